The summed E-state index contributed by atoms with van der Waals surface area (Å²) in [6, 6.07) is 0.654. The van der Waals surface area contributed by atoms with Gasteiger partial charge in [0.1, 0.15) is 11.6 Å². The molecule has 32 heavy (non-hydrogen) atoms. The van der Waals surface area contributed by atoms with E-state index >= 15 is 0 Å². The first-order valence-electron chi connectivity index (χ1n) is 11.6. The summed E-state index contributed by atoms with van der Waals surface area (Å²) >= 11 is 0. The van der Waals surface area contributed by atoms with Crippen LogP contribution in [0.1, 0.15) is 64.7 Å². The number of carbonyl (C=O) groups excluding carboxylic acids is 2. The number of hydrogen-bond acceptors (Lipinski definition) is 6. The highest BCUT2D eigenvalue weighted by molar-refractivity contribution is 5.86. The molecule has 1 aliphatic carbocycles. The maximum absolute atomic E-state index is 14.4. The van der Waals surface area contributed by atoms with Crippen molar-refractivity contribution in [2.24, 2.45) is 5.41 Å². The van der Waals surface area contributed by atoms with E-state index in [1.807, 2.05) is 11.9 Å². The lowest BCUT2D eigenvalue weighted by Gasteiger charge is -2.37. The predicted molar refractivity (Wildman–Crippen MR) is 114 cm³/mol. The summed E-state index contributed by atoms with van der Waals surface area (Å²) in [6.07, 6.45) is 3.18. The number of piperidine rings is 2. The third-order valence-corrected chi connectivity index (χ3v) is 7.10. The smallest absolute Gasteiger partial charge is 0.351 e. The van der Waals surface area contributed by atoms with Crippen molar-refractivity contribution in [2.45, 2.75) is 82.2 Å². The Hall–Kier alpha value is -1.99. The van der Waals surface area contributed by atoms with Crippen molar-refractivity contribution >= 4 is 12.0 Å². The summed E-state index contributed by atoms with van der Waals surface area (Å²) in [5, 5.41) is 16.2. The number of halogens is 2. The molecule has 1 spiro atoms. The molecule has 0 aromatic carbocycles. The van der Waals surface area contributed by atoms with Gasteiger partial charge in [0.2, 0.25) is 5.91 Å². The molecule has 2 N–H and O–H groups in total. The van der Waals surface area contributed by atoms with Gasteiger partial charge in [0, 0.05) is 39.0 Å². The molecule has 0 aromatic heterocycles. The van der Waals surface area contributed by atoms with Crippen LogP contribution in [0.5, 0.6) is 0 Å². The Kier molecular flexibility index (Phi) is 7.61. The molecule has 2 amide bonds. The van der Waals surface area contributed by atoms with Crippen molar-refractivity contribution < 1.29 is 23.2 Å². The van der Waals surface area contributed by atoms with E-state index in [2.05, 4.69) is 16.7 Å². The molecule has 0 radical (unpaired) electrons. The van der Waals surface area contributed by atoms with Crippen molar-refractivity contribution in [1.29, 1.82) is 5.26 Å². The van der Waals surface area contributed by atoms with Crippen LogP contribution in [-0.4, -0.2) is 72.7 Å². The van der Waals surface area contributed by atoms with Crippen molar-refractivity contribution in [3.8, 4) is 6.07 Å². The minimum atomic E-state index is -3.12. The van der Waals surface area contributed by atoms with Crippen LogP contribution in [0.25, 0.3) is 0 Å². The lowest BCUT2D eigenvalue weighted by molar-refractivity contribution is -0.133. The quantitative estimate of drug-likeness (QED) is 0.584. The fourth-order valence-electron chi connectivity index (χ4n) is 4.58. The fourth-order valence-corrected chi connectivity index (χ4v) is 4.58. The standard InChI is InChI=1S/C22H35F2N5O3/c1-3-4-22(23,24)15-17(18(30)27-21(16-25)9-11-28(2)12-10-21)26-19(31)32-29-13-7-20(5-6-20)8-14-29/h17H,3-15H2,1-2H3,(H,26,31)(H,27,30)/t17-/m0/s1. The highest BCUT2D eigenvalue weighted by atomic mass is 19.3. The second-order valence-corrected chi connectivity index (χ2v) is 9.80. The summed E-state index contributed by atoms with van der Waals surface area (Å²) < 4.78 is 28.8. The Balaban J connectivity index is 1.62. The van der Waals surface area contributed by atoms with Gasteiger partial charge in [0.05, 0.1) is 6.07 Å². The van der Waals surface area contributed by atoms with E-state index in [9.17, 15) is 23.6 Å². The number of nitrogens with one attached hydrogen (secondary N) is 2. The van der Waals surface area contributed by atoms with Gasteiger partial charge in [0.25, 0.3) is 5.92 Å². The van der Waals surface area contributed by atoms with E-state index in [-0.39, 0.29) is 6.42 Å². The number of hydroxylamine groups is 2. The zero-order valence-electron chi connectivity index (χ0n) is 19.1. The van der Waals surface area contributed by atoms with Crippen molar-refractivity contribution in [1.82, 2.24) is 20.6 Å². The number of nitrogens with zero attached hydrogens (tertiary/aromatic N) is 3. The molecular formula is C22H35F2N5O3. The maximum atomic E-state index is 14.4. The molecule has 180 valence electrons. The Morgan fingerprint density at radius 1 is 1.12 bits per heavy atom. The third kappa shape index (κ3) is 6.51. The molecule has 0 unspecified atom stereocenters. The largest absolute Gasteiger partial charge is 0.426 e. The number of hydrogen-bond donors (Lipinski definition) is 2. The highest BCUT2D eigenvalue weighted by Crippen LogP contribution is 2.53. The predicted octanol–water partition coefficient (Wildman–Crippen LogP) is 2.80. The fraction of sp³-hybridized carbons (Fsp3) is 0.864. The van der Waals surface area contributed by atoms with Gasteiger partial charge in [-0.15, -0.1) is 5.06 Å². The second-order valence-electron chi connectivity index (χ2n) is 9.80. The van der Waals surface area contributed by atoms with Crippen LogP contribution in [0.3, 0.4) is 0 Å². The van der Waals surface area contributed by atoms with E-state index in [1.54, 1.807) is 6.92 Å². The van der Waals surface area contributed by atoms with Crippen LogP contribution >= 0.6 is 0 Å². The SMILES string of the molecule is CCCC(F)(F)C[C@H](NC(=O)ON1CCC2(CC1)CC2)C(=O)NC1(C#N)CCN(C)CC1. The van der Waals surface area contributed by atoms with Gasteiger partial charge in [-0.1, -0.05) is 13.3 Å². The molecule has 3 rings (SSSR count). The van der Waals surface area contributed by atoms with E-state index in [4.69, 9.17) is 4.84 Å². The van der Waals surface area contributed by atoms with Crippen molar-refractivity contribution in [3.05, 3.63) is 0 Å². The van der Waals surface area contributed by atoms with Crippen LogP contribution in [0.2, 0.25) is 0 Å². The van der Waals surface area contributed by atoms with E-state index < -0.39 is 42.3 Å². The number of rotatable bonds is 8. The monoisotopic (exact) mass is 455 g/mol. The van der Waals surface area contributed by atoms with Gasteiger partial charge in [-0.05, 0) is 51.0 Å². The van der Waals surface area contributed by atoms with Gasteiger partial charge in [-0.25, -0.2) is 13.6 Å². The topological polar surface area (TPSA) is 97.7 Å². The normalized spacial score (nSPS) is 23.7. The van der Waals surface area contributed by atoms with Gasteiger partial charge < -0.3 is 20.4 Å². The molecule has 3 fully saturated rings. The van der Waals surface area contributed by atoms with Gasteiger partial charge in [-0.2, -0.15) is 5.26 Å². The van der Waals surface area contributed by atoms with Crippen LogP contribution in [0.4, 0.5) is 13.6 Å². The van der Waals surface area contributed by atoms with E-state index in [0.717, 1.165) is 12.8 Å². The Labute approximate surface area is 188 Å². The molecule has 2 aliphatic heterocycles. The first-order valence-corrected chi connectivity index (χ1v) is 11.6. The van der Waals surface area contributed by atoms with Crippen LogP contribution in [0, 0.1) is 16.7 Å². The number of nitriles is 1. The van der Waals surface area contributed by atoms with Crippen LogP contribution in [-0.2, 0) is 9.63 Å². The molecule has 2 saturated heterocycles. The molecule has 8 nitrogen and oxygen atoms in total. The molecule has 0 bridgehead atoms. The Bertz CT molecular complexity index is 720. The highest BCUT2D eigenvalue weighted by Gasteiger charge is 2.45. The molecule has 0 aromatic rings. The first-order chi connectivity index (χ1) is 15.1. The summed E-state index contributed by atoms with van der Waals surface area (Å²) in [6.45, 7) is 4.05. The molecular weight excluding hydrogens is 420 g/mol. The lowest BCUT2D eigenvalue weighted by atomic mass is 9.88. The van der Waals surface area contributed by atoms with Crippen molar-refractivity contribution in [3.63, 3.8) is 0 Å². The average Bonchev–Trinajstić information content (AvgIpc) is 3.50. The molecule has 2 heterocycles. The summed E-state index contributed by atoms with van der Waals surface area (Å²) in [5.74, 6) is -3.90. The minimum Gasteiger partial charge on any atom is -0.351 e. The van der Waals surface area contributed by atoms with Gasteiger partial charge >= 0.3 is 6.09 Å². The Morgan fingerprint density at radius 3 is 2.28 bits per heavy atom. The number of alkyl halides is 2. The van der Waals surface area contributed by atoms with E-state index in [1.165, 1.54) is 17.9 Å². The first kappa shape index (κ1) is 24.6. The van der Waals surface area contributed by atoms with E-state index in [0.29, 0.717) is 44.4 Å². The van der Waals surface area contributed by atoms with Crippen LogP contribution < -0.4 is 10.6 Å². The second kappa shape index (κ2) is 9.87. The average molecular weight is 456 g/mol. The third-order valence-electron chi connectivity index (χ3n) is 7.10. The summed E-state index contributed by atoms with van der Waals surface area (Å²) in [7, 11) is 1.92. The zero-order chi connectivity index (χ0) is 23.4. The minimum absolute atomic E-state index is 0.246. The lowest BCUT2D eigenvalue weighted by Crippen LogP contribution is -2.59. The Morgan fingerprint density at radius 2 is 1.75 bits per heavy atom. The summed E-state index contributed by atoms with van der Waals surface area (Å²) in [5.41, 5.74) is -0.723. The molecule has 1 saturated carbocycles. The van der Waals surface area contributed by atoms with Gasteiger partial charge in [-0.3, -0.25) is 4.79 Å². The molecule has 3 aliphatic rings. The van der Waals surface area contributed by atoms with Crippen LogP contribution in [0.15, 0.2) is 0 Å². The maximum Gasteiger partial charge on any atom is 0.426 e. The summed E-state index contributed by atoms with van der Waals surface area (Å²) in [4.78, 5) is 32.8. The molecule has 1 atom stereocenters. The molecule has 10 heteroatoms. The van der Waals surface area contributed by atoms with Gasteiger partial charge in [0.15, 0.2) is 0 Å². The zero-order valence-corrected chi connectivity index (χ0v) is 19.1. The van der Waals surface area contributed by atoms with Crippen molar-refractivity contribution in [2.75, 3.05) is 33.2 Å². The number of likely N-dealkylation sites (tertiary alicyclic amines) is 1. The number of carbonyl (C=O) groups is 2. The number of amides is 2.